The monoisotopic (exact) mass is 465 g/mol. The Morgan fingerprint density at radius 1 is 1.00 bits per heavy atom. The molecule has 0 aliphatic carbocycles. The third-order valence-corrected chi connectivity index (χ3v) is 11.2. The van der Waals surface area contributed by atoms with Crippen molar-refractivity contribution in [1.82, 2.24) is 14.5 Å². The Bertz CT molecular complexity index is 1200. The number of hydrogen-bond acceptors (Lipinski definition) is 4. The Kier molecular flexibility index (Phi) is 6.30. The van der Waals surface area contributed by atoms with E-state index in [0.29, 0.717) is 0 Å². The second-order valence-electron chi connectivity index (χ2n) is 9.57. The van der Waals surface area contributed by atoms with Crippen LogP contribution in [-0.4, -0.2) is 37.6 Å². The van der Waals surface area contributed by atoms with Gasteiger partial charge in [-0.25, -0.2) is 9.43 Å². The first-order chi connectivity index (χ1) is 15.6. The van der Waals surface area contributed by atoms with Crippen molar-refractivity contribution in [2.75, 3.05) is 13.1 Å². The van der Waals surface area contributed by atoms with Crippen molar-refractivity contribution in [2.24, 2.45) is 4.74 Å². The molecule has 1 saturated heterocycles. The van der Waals surface area contributed by atoms with Crippen molar-refractivity contribution in [3.8, 4) is 5.69 Å². The average Bonchev–Trinajstić information content (AvgIpc) is 3.41. The van der Waals surface area contributed by atoms with Crippen molar-refractivity contribution >= 4 is 23.9 Å². The van der Waals surface area contributed by atoms with Gasteiger partial charge in [0.05, 0.1) is 40.2 Å². The maximum Gasteiger partial charge on any atom is 0.269 e. The van der Waals surface area contributed by atoms with Gasteiger partial charge in [-0.3, -0.25) is 14.8 Å². The molecule has 0 radical (unpaired) electrons. The van der Waals surface area contributed by atoms with E-state index in [1.54, 1.807) is 24.3 Å². The van der Waals surface area contributed by atoms with Crippen LogP contribution in [0.5, 0.6) is 0 Å². The van der Waals surface area contributed by atoms with Crippen LogP contribution in [0.4, 0.5) is 11.4 Å². The molecule has 3 aromatic rings. The molecular weight excluding hydrogens is 433 g/mol. The lowest BCUT2D eigenvalue weighted by Gasteiger charge is -2.44. The van der Waals surface area contributed by atoms with E-state index in [0.717, 1.165) is 48.7 Å². The molecule has 0 bridgehead atoms. The van der Waals surface area contributed by atoms with Gasteiger partial charge in [0.15, 0.2) is 0 Å². The van der Waals surface area contributed by atoms with E-state index >= 15 is 0 Å². The van der Waals surface area contributed by atoms with E-state index < -0.39 is 7.21 Å². The SMILES string of the molecule is Cc1nn(-c2ccccc2)c(C)c1P(=Nc1ccc([N+](=O)[O-])cc1)(N1CCCC1)C(C)(C)C. The third-order valence-electron chi connectivity index (χ3n) is 6.31. The highest BCUT2D eigenvalue weighted by atomic mass is 31.2. The lowest BCUT2D eigenvalue weighted by Crippen LogP contribution is -2.36. The van der Waals surface area contributed by atoms with Crippen LogP contribution in [-0.2, 0) is 0 Å². The predicted molar refractivity (Wildman–Crippen MR) is 135 cm³/mol. The molecule has 1 fully saturated rings. The minimum Gasteiger partial charge on any atom is -0.265 e. The summed E-state index contributed by atoms with van der Waals surface area (Å²) in [5, 5.41) is 17.2. The summed E-state index contributed by atoms with van der Waals surface area (Å²) in [6.45, 7) is 13.0. The number of aryl methyl sites for hydroxylation is 1. The first-order valence-corrected chi connectivity index (χ1v) is 13.1. The fourth-order valence-electron chi connectivity index (χ4n) is 4.87. The van der Waals surface area contributed by atoms with Gasteiger partial charge in [-0.2, -0.15) is 5.10 Å². The van der Waals surface area contributed by atoms with Gasteiger partial charge in [0, 0.05) is 30.4 Å². The summed E-state index contributed by atoms with van der Waals surface area (Å²) in [6.07, 6.45) is 2.30. The zero-order chi connectivity index (χ0) is 23.8. The van der Waals surface area contributed by atoms with Gasteiger partial charge < -0.3 is 0 Å². The molecule has 0 amide bonds. The molecule has 2 heterocycles. The fraction of sp³-hybridized carbons (Fsp3) is 0.400. The molecule has 2 aromatic carbocycles. The van der Waals surface area contributed by atoms with E-state index in [4.69, 9.17) is 9.84 Å². The predicted octanol–water partition coefficient (Wildman–Crippen LogP) is 6.36. The Morgan fingerprint density at radius 2 is 1.61 bits per heavy atom. The second kappa shape index (κ2) is 8.88. The first kappa shape index (κ1) is 23.4. The Labute approximate surface area is 195 Å². The standard InChI is InChI=1S/C25H32N5O2P/c1-19-24(20(2)29(26-19)22-11-7-6-8-12-22)33(25(3,4)5,28-17-9-10-18-28)27-21-13-15-23(16-14-21)30(31)32/h6-8,11-16H,9-10,17-18H2,1-5H3. The summed E-state index contributed by atoms with van der Waals surface area (Å²) < 4.78 is 10.1. The molecule has 1 aliphatic heterocycles. The van der Waals surface area contributed by atoms with Crippen LogP contribution < -0.4 is 5.30 Å². The maximum absolute atomic E-state index is 11.2. The number of non-ortho nitro benzene ring substituents is 1. The van der Waals surface area contributed by atoms with Crippen molar-refractivity contribution in [3.05, 3.63) is 76.1 Å². The number of aromatic nitrogens is 2. The molecule has 1 atom stereocenters. The summed E-state index contributed by atoms with van der Waals surface area (Å²) in [4.78, 5) is 10.8. The molecular formula is C25H32N5O2P. The molecule has 1 unspecified atom stereocenters. The first-order valence-electron chi connectivity index (χ1n) is 11.4. The van der Waals surface area contributed by atoms with E-state index in [1.807, 2.05) is 22.9 Å². The van der Waals surface area contributed by atoms with Gasteiger partial charge in [0.25, 0.3) is 5.69 Å². The van der Waals surface area contributed by atoms with Gasteiger partial charge in [-0.1, -0.05) is 39.0 Å². The Balaban J connectivity index is 2.02. The van der Waals surface area contributed by atoms with E-state index in [9.17, 15) is 10.1 Å². The normalized spacial score (nSPS) is 16.5. The summed E-state index contributed by atoms with van der Waals surface area (Å²) in [5.41, 5.74) is 4.01. The minimum atomic E-state index is -2.31. The van der Waals surface area contributed by atoms with Gasteiger partial charge >= 0.3 is 0 Å². The molecule has 0 saturated carbocycles. The largest absolute Gasteiger partial charge is 0.269 e. The molecule has 7 nitrogen and oxygen atoms in total. The van der Waals surface area contributed by atoms with Gasteiger partial charge in [0.2, 0.25) is 0 Å². The smallest absolute Gasteiger partial charge is 0.265 e. The number of benzene rings is 2. The van der Waals surface area contributed by atoms with Crippen LogP contribution >= 0.6 is 7.21 Å². The molecule has 1 aromatic heterocycles. The van der Waals surface area contributed by atoms with Crippen LogP contribution in [0, 0.1) is 24.0 Å². The lowest BCUT2D eigenvalue weighted by atomic mass is 10.3. The topological polar surface area (TPSA) is 76.6 Å². The fourth-order valence-corrected chi connectivity index (χ4v) is 9.57. The second-order valence-corrected chi connectivity index (χ2v) is 13.3. The molecule has 0 spiro atoms. The highest BCUT2D eigenvalue weighted by Gasteiger charge is 2.45. The summed E-state index contributed by atoms with van der Waals surface area (Å²) in [6, 6.07) is 16.9. The van der Waals surface area contributed by atoms with Crippen molar-refractivity contribution in [3.63, 3.8) is 0 Å². The molecule has 1 aliphatic rings. The van der Waals surface area contributed by atoms with Crippen LogP contribution in [0.25, 0.3) is 5.69 Å². The summed E-state index contributed by atoms with van der Waals surface area (Å²) in [5.74, 6) is 0. The molecule has 174 valence electrons. The van der Waals surface area contributed by atoms with Gasteiger partial charge in [0.1, 0.15) is 0 Å². The molecule has 0 N–H and O–H groups in total. The van der Waals surface area contributed by atoms with Crippen LogP contribution in [0.1, 0.15) is 45.0 Å². The van der Waals surface area contributed by atoms with Crippen LogP contribution in [0.15, 0.2) is 59.3 Å². The van der Waals surface area contributed by atoms with Crippen LogP contribution in [0.3, 0.4) is 0 Å². The molecule has 8 heteroatoms. The van der Waals surface area contributed by atoms with Crippen molar-refractivity contribution in [1.29, 1.82) is 0 Å². The van der Waals surface area contributed by atoms with E-state index in [2.05, 4.69) is 51.4 Å². The lowest BCUT2D eigenvalue weighted by molar-refractivity contribution is -0.384. The Morgan fingerprint density at radius 3 is 2.15 bits per heavy atom. The van der Waals surface area contributed by atoms with Crippen molar-refractivity contribution < 1.29 is 4.92 Å². The number of rotatable bonds is 5. The van der Waals surface area contributed by atoms with E-state index in [1.165, 1.54) is 5.30 Å². The summed E-state index contributed by atoms with van der Waals surface area (Å²) >= 11 is 0. The van der Waals surface area contributed by atoms with Gasteiger partial charge in [-0.05, 0) is 51.0 Å². The maximum atomic E-state index is 11.2. The number of hydrogen-bond donors (Lipinski definition) is 0. The number of nitro groups is 1. The van der Waals surface area contributed by atoms with Crippen molar-refractivity contribution in [2.45, 2.75) is 52.6 Å². The minimum absolute atomic E-state index is 0.0825. The number of para-hydroxylation sites is 1. The summed E-state index contributed by atoms with van der Waals surface area (Å²) in [7, 11) is -2.31. The quantitative estimate of drug-likeness (QED) is 0.249. The average molecular weight is 466 g/mol. The van der Waals surface area contributed by atoms with Crippen LogP contribution in [0.2, 0.25) is 0 Å². The Hall–Kier alpha value is -2.76. The van der Waals surface area contributed by atoms with E-state index in [-0.39, 0.29) is 15.8 Å². The highest BCUT2D eigenvalue weighted by molar-refractivity contribution is 7.73. The zero-order valence-electron chi connectivity index (χ0n) is 20.0. The van der Waals surface area contributed by atoms with Gasteiger partial charge in [-0.15, -0.1) is 0 Å². The third kappa shape index (κ3) is 4.16. The number of nitro benzene ring substituents is 1. The highest BCUT2D eigenvalue weighted by Crippen LogP contribution is 2.65. The zero-order valence-corrected chi connectivity index (χ0v) is 20.9. The number of nitrogens with zero attached hydrogens (tertiary/aromatic N) is 5. The molecule has 33 heavy (non-hydrogen) atoms. The molecule has 4 rings (SSSR count).